The van der Waals surface area contributed by atoms with Crippen molar-refractivity contribution >= 4 is 74.2 Å². The van der Waals surface area contributed by atoms with E-state index in [2.05, 4.69) is 66.1 Å². The monoisotopic (exact) mass is 1020 g/mol. The average molecular weight is 1020 g/mol. The third kappa shape index (κ3) is 14.5. The van der Waals surface area contributed by atoms with Crippen LogP contribution < -0.4 is 20.1 Å². The normalized spacial score (nSPS) is 12.1. The van der Waals surface area contributed by atoms with Gasteiger partial charge < -0.3 is 29.6 Å². The minimum atomic E-state index is -0.883. The molecule has 5 aromatic rings. The number of amides is 1. The van der Waals surface area contributed by atoms with Crippen molar-refractivity contribution in [3.05, 3.63) is 115 Å². The van der Waals surface area contributed by atoms with Gasteiger partial charge in [0.1, 0.15) is 29.1 Å². The van der Waals surface area contributed by atoms with E-state index in [1.165, 1.54) is 0 Å². The van der Waals surface area contributed by atoms with Crippen molar-refractivity contribution in [3.8, 4) is 11.5 Å². The lowest BCUT2D eigenvalue weighted by atomic mass is 10.1. The van der Waals surface area contributed by atoms with Crippen LogP contribution in [0.2, 0.25) is 0 Å². The Bertz CT molecular complexity index is 2030. The molecule has 5 rings (SSSR count). The molecule has 0 bridgehead atoms. The molecule has 2 atom stereocenters. The molecule has 14 heteroatoms. The Kier molecular flexibility index (Phi) is 19.0. The molecule has 0 aliphatic carbocycles. The van der Waals surface area contributed by atoms with Gasteiger partial charge in [0.05, 0.1) is 39.1 Å². The van der Waals surface area contributed by atoms with Crippen molar-refractivity contribution < 1.29 is 33.3 Å². The van der Waals surface area contributed by atoms with Gasteiger partial charge in [0, 0.05) is 6.42 Å². The number of hydrogen-bond donors (Lipinski definition) is 2. The van der Waals surface area contributed by atoms with E-state index in [0.29, 0.717) is 43.7 Å². The molecule has 1 amide bonds. The number of para-hydroxylation sites is 1. The van der Waals surface area contributed by atoms with Gasteiger partial charge in [-0.1, -0.05) is 78.0 Å². The highest BCUT2D eigenvalue weighted by Gasteiger charge is 2.25. The first-order valence-corrected chi connectivity index (χ1v) is 21.9. The van der Waals surface area contributed by atoms with E-state index in [4.69, 9.17) is 18.9 Å². The van der Waals surface area contributed by atoms with E-state index < -0.39 is 18.0 Å². The molecule has 4 aromatic carbocycles. The van der Waals surface area contributed by atoms with Crippen LogP contribution in [0.1, 0.15) is 62.5 Å². The Morgan fingerprint density at radius 1 is 0.621 bits per heavy atom. The van der Waals surface area contributed by atoms with Gasteiger partial charge in [-0.25, -0.2) is 9.59 Å². The number of benzene rings is 4. The number of ether oxygens (including phenoxy) is 4. The number of nitrogens with one attached hydrogen (secondary N) is 2. The highest BCUT2D eigenvalue weighted by Crippen LogP contribution is 2.31. The van der Waals surface area contributed by atoms with Crippen LogP contribution in [-0.2, 0) is 31.9 Å². The van der Waals surface area contributed by atoms with Gasteiger partial charge in [0.25, 0.3) is 0 Å². The molecule has 0 saturated carbocycles. The maximum absolute atomic E-state index is 13.2. The first-order valence-electron chi connectivity index (χ1n) is 19.8. The lowest BCUT2D eigenvalue weighted by molar-refractivity contribution is -0.146. The van der Waals surface area contributed by atoms with Crippen LogP contribution in [-0.4, -0.2) is 78.5 Å². The molecule has 0 aliphatic rings. The van der Waals surface area contributed by atoms with Gasteiger partial charge in [-0.3, -0.25) is 4.79 Å². The molecule has 1 heterocycles. The second-order valence-electron chi connectivity index (χ2n) is 13.8. The second kappa shape index (κ2) is 24.6. The predicted molar refractivity (Wildman–Crippen MR) is 240 cm³/mol. The van der Waals surface area contributed by atoms with E-state index in [1.807, 2.05) is 78.9 Å². The lowest BCUT2D eigenvalue weighted by Gasteiger charge is -2.18. The minimum absolute atomic E-state index is 0.212. The molecule has 1 aromatic heterocycles. The lowest BCUT2D eigenvalue weighted by Crippen LogP contribution is -2.45. The zero-order valence-corrected chi connectivity index (χ0v) is 37.1. The molecule has 0 fully saturated rings. The number of rotatable bonds is 24. The maximum atomic E-state index is 13.2. The highest BCUT2D eigenvalue weighted by atomic mass is 127. The van der Waals surface area contributed by atoms with Crippen molar-refractivity contribution in [1.82, 2.24) is 25.6 Å². The summed E-state index contributed by atoms with van der Waals surface area (Å²) in [5.74, 6) is 0.968. The first-order chi connectivity index (χ1) is 28.3. The Morgan fingerprint density at radius 3 is 1.62 bits per heavy atom. The highest BCUT2D eigenvalue weighted by molar-refractivity contribution is 14.1. The molecule has 0 spiro atoms. The summed E-state index contributed by atoms with van der Waals surface area (Å²) in [6, 6.07) is 28.8. The van der Waals surface area contributed by atoms with Crippen molar-refractivity contribution in [2.75, 3.05) is 33.5 Å². The molecular weight excluding hydrogens is 964 g/mol. The summed E-state index contributed by atoms with van der Waals surface area (Å²) < 4.78 is 26.5. The topological polar surface area (TPSA) is 143 Å². The van der Waals surface area contributed by atoms with E-state index in [0.717, 1.165) is 79.4 Å². The van der Waals surface area contributed by atoms with Crippen LogP contribution in [0.3, 0.4) is 0 Å². The van der Waals surface area contributed by atoms with Gasteiger partial charge in [-0.2, -0.15) is 4.68 Å². The standard InChI is InChI=1S/C44H51I2N5O7/c1-47-37(28-32-18-8-6-9-19-32)42(52)57-26-16-4-2-14-24-55-40-30-35(46)41(31-34(40)45)56-25-15-3-5-17-27-58-43(53)38(29-33-20-10-7-11-21-33)48-44(54)51-39-23-13-12-22-36(39)49-50-51/h6-13,18-23,30-31,37-38,47H,2-5,14-17,24-29H2,1H3,(H,48,54)/t37-,38-/m0/s1. The number of fused-ring (bicyclic) bond motifs is 1. The summed E-state index contributed by atoms with van der Waals surface area (Å²) >= 11 is 4.56. The predicted octanol–water partition coefficient (Wildman–Crippen LogP) is 8.31. The summed E-state index contributed by atoms with van der Waals surface area (Å²) in [5, 5.41) is 13.9. The average Bonchev–Trinajstić information content (AvgIpc) is 3.68. The minimum Gasteiger partial charge on any atom is -0.492 e. The first kappa shape index (κ1) is 44.8. The molecule has 58 heavy (non-hydrogen) atoms. The number of carbonyl (C=O) groups is 3. The third-order valence-electron chi connectivity index (χ3n) is 9.39. The number of carbonyl (C=O) groups excluding carboxylic acids is 3. The molecule has 2 N–H and O–H groups in total. The van der Waals surface area contributed by atoms with Crippen molar-refractivity contribution in [2.24, 2.45) is 0 Å². The smallest absolute Gasteiger partial charge is 0.344 e. The summed E-state index contributed by atoms with van der Waals surface area (Å²) in [6.45, 7) is 1.87. The zero-order valence-electron chi connectivity index (χ0n) is 32.7. The Balaban J connectivity index is 0.930. The molecule has 0 unspecified atom stereocenters. The van der Waals surface area contributed by atoms with Crippen LogP contribution >= 0.6 is 45.2 Å². The molecule has 0 radical (unpaired) electrons. The van der Waals surface area contributed by atoms with Crippen molar-refractivity contribution in [3.63, 3.8) is 0 Å². The third-order valence-corrected chi connectivity index (χ3v) is 11.1. The number of likely N-dealkylation sites (N-methyl/N-ethyl adjacent to an activating group) is 1. The fraction of sp³-hybridized carbons (Fsp3) is 0.386. The number of nitrogens with zero attached hydrogens (tertiary/aromatic N) is 3. The summed E-state index contributed by atoms with van der Waals surface area (Å²) in [5.41, 5.74) is 3.14. The molecule has 0 saturated heterocycles. The molecule has 308 valence electrons. The van der Waals surface area contributed by atoms with E-state index in [1.54, 1.807) is 25.2 Å². The number of halogens is 2. The van der Waals surface area contributed by atoms with Gasteiger partial charge in [-0.05, 0) is 145 Å². The van der Waals surface area contributed by atoms with Gasteiger partial charge in [0.2, 0.25) is 0 Å². The number of hydrogen-bond acceptors (Lipinski definition) is 10. The molecule has 0 aliphatic heterocycles. The Hall–Kier alpha value is -4.29. The summed E-state index contributed by atoms with van der Waals surface area (Å²) in [6.07, 6.45) is 7.94. The van der Waals surface area contributed by atoms with Crippen molar-refractivity contribution in [1.29, 1.82) is 0 Å². The quantitative estimate of drug-likeness (QED) is 0.0352. The Morgan fingerprint density at radius 2 is 1.09 bits per heavy atom. The molecule has 12 nitrogen and oxygen atoms in total. The van der Waals surface area contributed by atoms with Gasteiger partial charge in [0.15, 0.2) is 0 Å². The maximum Gasteiger partial charge on any atom is 0.344 e. The fourth-order valence-corrected chi connectivity index (χ4v) is 7.37. The van der Waals surface area contributed by atoms with Crippen LogP contribution in [0.5, 0.6) is 11.5 Å². The van der Waals surface area contributed by atoms with Gasteiger partial charge >= 0.3 is 18.0 Å². The number of esters is 2. The van der Waals surface area contributed by atoms with E-state index in [9.17, 15) is 14.4 Å². The zero-order chi connectivity index (χ0) is 41.0. The summed E-state index contributed by atoms with van der Waals surface area (Å²) in [7, 11) is 1.78. The largest absolute Gasteiger partial charge is 0.492 e. The Labute approximate surface area is 367 Å². The second-order valence-corrected chi connectivity index (χ2v) is 16.1. The number of unbranched alkanes of at least 4 members (excludes halogenated alkanes) is 6. The molecular formula is C44H51I2N5O7. The summed E-state index contributed by atoms with van der Waals surface area (Å²) in [4.78, 5) is 38.8. The van der Waals surface area contributed by atoms with Crippen molar-refractivity contribution in [2.45, 2.75) is 76.3 Å². The van der Waals surface area contributed by atoms with Crippen LogP contribution in [0.4, 0.5) is 4.79 Å². The van der Waals surface area contributed by atoms with Crippen LogP contribution in [0, 0.1) is 7.14 Å². The van der Waals surface area contributed by atoms with E-state index in [-0.39, 0.29) is 25.0 Å². The van der Waals surface area contributed by atoms with Crippen LogP contribution in [0.15, 0.2) is 97.1 Å². The fourth-order valence-electron chi connectivity index (χ4n) is 6.18. The van der Waals surface area contributed by atoms with Gasteiger partial charge in [-0.15, -0.1) is 5.10 Å². The SMILES string of the molecule is CN[C@@H](Cc1ccccc1)C(=O)OCCCCCCOc1cc(I)c(OCCCCCCOC(=O)[C@H](Cc2ccccc2)NC(=O)n2nnc3ccccc32)cc1I. The van der Waals surface area contributed by atoms with Crippen LogP contribution in [0.25, 0.3) is 11.0 Å². The number of aromatic nitrogens is 3. The van der Waals surface area contributed by atoms with E-state index >= 15 is 0 Å².